The van der Waals surface area contributed by atoms with Crippen LogP contribution in [0.5, 0.6) is 0 Å². The lowest BCUT2D eigenvalue weighted by Crippen LogP contribution is -2.49. The largest absolute Gasteiger partial charge is 0.348 e. The molecule has 3 heterocycles. The van der Waals surface area contributed by atoms with Crippen LogP contribution in [0.25, 0.3) is 11.0 Å². The molecule has 1 amide bonds. The lowest BCUT2D eigenvalue weighted by molar-refractivity contribution is -0.130. The van der Waals surface area contributed by atoms with Gasteiger partial charge in [-0.25, -0.2) is 4.98 Å². The van der Waals surface area contributed by atoms with E-state index in [9.17, 15) is 9.59 Å². The van der Waals surface area contributed by atoms with E-state index in [1.807, 2.05) is 0 Å². The lowest BCUT2D eigenvalue weighted by atomic mass is 10.3. The molecule has 0 aliphatic carbocycles. The third kappa shape index (κ3) is 3.46. The summed E-state index contributed by atoms with van der Waals surface area (Å²) in [4.78, 5) is 37.2. The van der Waals surface area contributed by atoms with Gasteiger partial charge < -0.3 is 9.88 Å². The van der Waals surface area contributed by atoms with Crippen molar-refractivity contribution in [2.24, 2.45) is 7.05 Å². The van der Waals surface area contributed by atoms with Crippen LogP contribution in [0.3, 0.4) is 0 Å². The van der Waals surface area contributed by atoms with Gasteiger partial charge in [0.05, 0.1) is 19.3 Å². The van der Waals surface area contributed by atoms with Gasteiger partial charge in [0.15, 0.2) is 5.65 Å². The monoisotopic (exact) mass is 333 g/mol. The first-order chi connectivity index (χ1) is 11.4. The number of amides is 1. The Hall–Kier alpha value is -2.26. The quantitative estimate of drug-likeness (QED) is 0.761. The lowest BCUT2D eigenvalue weighted by Gasteiger charge is -2.34. The molecule has 0 spiro atoms. The van der Waals surface area contributed by atoms with E-state index in [0.29, 0.717) is 29.9 Å². The summed E-state index contributed by atoms with van der Waals surface area (Å²) in [6, 6.07) is 0. The van der Waals surface area contributed by atoms with Crippen LogP contribution in [0.1, 0.15) is 5.82 Å². The van der Waals surface area contributed by atoms with Gasteiger partial charge in [-0.15, -0.1) is 0 Å². The molecule has 130 valence electrons. The molecule has 0 saturated carbocycles. The summed E-state index contributed by atoms with van der Waals surface area (Å²) >= 11 is 0. The predicted octanol–water partition coefficient (Wildman–Crippen LogP) is -1.14. The highest BCUT2D eigenvalue weighted by atomic mass is 16.2. The van der Waals surface area contributed by atoms with Crippen molar-refractivity contribution in [2.75, 3.05) is 46.8 Å². The smallest absolute Gasteiger partial charge is 0.262 e. The number of aryl methyl sites for hydroxylation is 1. The zero-order chi connectivity index (χ0) is 17.3. The fraction of sp³-hybridized carbons (Fsp3) is 0.600. The molecule has 0 atom stereocenters. The van der Waals surface area contributed by atoms with Gasteiger partial charge in [-0.1, -0.05) is 0 Å². The van der Waals surface area contributed by atoms with Gasteiger partial charge in [-0.2, -0.15) is 5.10 Å². The van der Waals surface area contributed by atoms with Crippen molar-refractivity contribution >= 4 is 16.9 Å². The number of carbonyl (C=O) groups is 1. The Morgan fingerprint density at radius 2 is 1.92 bits per heavy atom. The van der Waals surface area contributed by atoms with E-state index in [2.05, 4.69) is 24.9 Å². The zero-order valence-electron chi connectivity index (χ0n) is 14.3. The molecule has 1 N–H and O–H groups in total. The topological polar surface area (TPSA) is 90.4 Å². The summed E-state index contributed by atoms with van der Waals surface area (Å²) in [7, 11) is 5.32. The van der Waals surface area contributed by atoms with E-state index in [4.69, 9.17) is 0 Å². The molecule has 1 fully saturated rings. The number of aromatic nitrogens is 4. The molecule has 9 heteroatoms. The highest BCUT2D eigenvalue weighted by Crippen LogP contribution is 2.08. The molecule has 1 aliphatic rings. The maximum Gasteiger partial charge on any atom is 0.262 e. The molecule has 0 unspecified atom stereocenters. The van der Waals surface area contributed by atoms with E-state index in [0.717, 1.165) is 26.2 Å². The van der Waals surface area contributed by atoms with Gasteiger partial charge in [-0.05, 0) is 0 Å². The Labute approximate surface area is 139 Å². The van der Waals surface area contributed by atoms with Crippen LogP contribution in [0.4, 0.5) is 0 Å². The maximum atomic E-state index is 12.1. The van der Waals surface area contributed by atoms with Crippen LogP contribution in [-0.2, 0) is 18.4 Å². The summed E-state index contributed by atoms with van der Waals surface area (Å²) in [6.45, 7) is 4.39. The summed E-state index contributed by atoms with van der Waals surface area (Å²) in [6.07, 6.45) is 1.53. The molecule has 9 nitrogen and oxygen atoms in total. The van der Waals surface area contributed by atoms with E-state index in [-0.39, 0.29) is 11.5 Å². The Balaban J connectivity index is 1.61. The predicted molar refractivity (Wildman–Crippen MR) is 89.5 cm³/mol. The highest BCUT2D eigenvalue weighted by molar-refractivity contribution is 5.77. The number of aromatic amines is 1. The number of H-pyrrole nitrogens is 1. The molecule has 0 bridgehead atoms. The highest BCUT2D eigenvalue weighted by Gasteiger charge is 2.20. The van der Waals surface area contributed by atoms with Crippen molar-refractivity contribution in [1.29, 1.82) is 0 Å². The molecule has 1 saturated heterocycles. The number of hydrogen-bond donors (Lipinski definition) is 1. The third-order valence-electron chi connectivity index (χ3n) is 4.35. The van der Waals surface area contributed by atoms with E-state index in [1.54, 1.807) is 30.7 Å². The average molecular weight is 333 g/mol. The van der Waals surface area contributed by atoms with Crippen LogP contribution in [-0.4, -0.2) is 87.2 Å². The summed E-state index contributed by atoms with van der Waals surface area (Å²) in [5.74, 6) is 0.769. The number of hydrogen-bond acceptors (Lipinski definition) is 6. The van der Waals surface area contributed by atoms with Gasteiger partial charge in [0.25, 0.3) is 5.56 Å². The van der Waals surface area contributed by atoms with E-state index >= 15 is 0 Å². The standard InChI is InChI=1S/C15H23N7O2/c1-19(2)13(23)10-22-6-4-21(5-7-22)9-12-17-14-11(15(24)18-12)8-16-20(14)3/h8H,4-7,9-10H2,1-3H3,(H,17,18,24). The number of carbonyl (C=O) groups excluding carboxylic acids is 1. The minimum atomic E-state index is -0.154. The fourth-order valence-electron chi connectivity index (χ4n) is 2.80. The Morgan fingerprint density at radius 3 is 2.58 bits per heavy atom. The van der Waals surface area contributed by atoms with Crippen LogP contribution >= 0.6 is 0 Å². The zero-order valence-corrected chi connectivity index (χ0v) is 14.3. The van der Waals surface area contributed by atoms with Gasteiger partial charge >= 0.3 is 0 Å². The summed E-state index contributed by atoms with van der Waals surface area (Å²) < 4.78 is 1.61. The van der Waals surface area contributed by atoms with Gasteiger partial charge in [-0.3, -0.25) is 24.1 Å². The first-order valence-electron chi connectivity index (χ1n) is 8.00. The van der Waals surface area contributed by atoms with E-state index in [1.165, 1.54) is 6.20 Å². The molecule has 0 radical (unpaired) electrons. The second-order valence-corrected chi connectivity index (χ2v) is 6.36. The number of nitrogens with zero attached hydrogens (tertiary/aromatic N) is 6. The molecule has 1 aliphatic heterocycles. The van der Waals surface area contributed by atoms with Crippen molar-refractivity contribution < 1.29 is 4.79 Å². The molecule has 3 rings (SSSR count). The fourth-order valence-corrected chi connectivity index (χ4v) is 2.80. The second kappa shape index (κ2) is 6.70. The minimum absolute atomic E-state index is 0.121. The van der Waals surface area contributed by atoms with Gasteiger partial charge in [0.1, 0.15) is 11.2 Å². The molecular formula is C15H23N7O2. The molecule has 0 aromatic carbocycles. The summed E-state index contributed by atoms with van der Waals surface area (Å²) in [5, 5.41) is 4.58. The number of fused-ring (bicyclic) bond motifs is 1. The van der Waals surface area contributed by atoms with Crippen LogP contribution in [0.2, 0.25) is 0 Å². The SMILES string of the molecule is CN(C)C(=O)CN1CCN(Cc2nc3c(cnn3C)c(=O)[nH]2)CC1. The van der Waals surface area contributed by atoms with Crippen LogP contribution in [0, 0.1) is 0 Å². The number of nitrogens with one attached hydrogen (secondary N) is 1. The molecule has 24 heavy (non-hydrogen) atoms. The van der Waals surface area contributed by atoms with Crippen molar-refractivity contribution in [2.45, 2.75) is 6.54 Å². The Morgan fingerprint density at radius 1 is 1.25 bits per heavy atom. The first-order valence-corrected chi connectivity index (χ1v) is 8.00. The maximum absolute atomic E-state index is 12.1. The van der Waals surface area contributed by atoms with Crippen LogP contribution in [0.15, 0.2) is 11.0 Å². The number of rotatable bonds is 4. The summed E-state index contributed by atoms with van der Waals surface area (Å²) in [5.41, 5.74) is 0.447. The van der Waals surface area contributed by atoms with Gasteiger partial charge in [0, 0.05) is 47.3 Å². The minimum Gasteiger partial charge on any atom is -0.348 e. The van der Waals surface area contributed by atoms with Crippen molar-refractivity contribution in [3.63, 3.8) is 0 Å². The van der Waals surface area contributed by atoms with Gasteiger partial charge in [0.2, 0.25) is 5.91 Å². The molecular weight excluding hydrogens is 310 g/mol. The second-order valence-electron chi connectivity index (χ2n) is 6.36. The van der Waals surface area contributed by atoms with Crippen LogP contribution < -0.4 is 5.56 Å². The first kappa shape index (κ1) is 16.6. The Kier molecular flexibility index (Phi) is 4.63. The Bertz CT molecular complexity index is 787. The molecule has 2 aromatic rings. The van der Waals surface area contributed by atoms with Crippen molar-refractivity contribution in [1.82, 2.24) is 34.4 Å². The number of piperazine rings is 1. The normalized spacial score (nSPS) is 16.6. The van der Waals surface area contributed by atoms with Crippen molar-refractivity contribution in [3.8, 4) is 0 Å². The number of likely N-dealkylation sites (N-methyl/N-ethyl adjacent to an activating group) is 1. The van der Waals surface area contributed by atoms with E-state index < -0.39 is 0 Å². The van der Waals surface area contributed by atoms with Crippen molar-refractivity contribution in [3.05, 3.63) is 22.4 Å². The molecule has 2 aromatic heterocycles. The average Bonchev–Trinajstić information content (AvgIpc) is 2.91. The third-order valence-corrected chi connectivity index (χ3v) is 4.35.